The van der Waals surface area contributed by atoms with Crippen molar-refractivity contribution < 1.29 is 17.7 Å². The van der Waals surface area contributed by atoms with Gasteiger partial charge in [0.2, 0.25) is 15.8 Å². The zero-order chi connectivity index (χ0) is 15.5. The summed E-state index contributed by atoms with van der Waals surface area (Å²) in [6.07, 6.45) is 1.83. The van der Waals surface area contributed by atoms with Gasteiger partial charge in [-0.3, -0.25) is 10.1 Å². The van der Waals surface area contributed by atoms with E-state index in [2.05, 4.69) is 4.72 Å². The van der Waals surface area contributed by atoms with Crippen molar-refractivity contribution >= 4 is 27.5 Å². The summed E-state index contributed by atoms with van der Waals surface area (Å²) >= 11 is 1.46. The van der Waals surface area contributed by atoms with E-state index in [1.54, 1.807) is 6.92 Å². The minimum Gasteiger partial charge on any atom is -0.258 e. The molecule has 1 aromatic rings. The molecule has 0 fully saturated rings. The highest BCUT2D eigenvalue weighted by molar-refractivity contribution is 7.98. The molecular weight excluding hydrogens is 307 g/mol. The second-order valence-electron chi connectivity index (χ2n) is 4.31. The Morgan fingerprint density at radius 1 is 1.50 bits per heavy atom. The van der Waals surface area contributed by atoms with Crippen LogP contribution in [0.5, 0.6) is 0 Å². The molecule has 0 spiro atoms. The van der Waals surface area contributed by atoms with Gasteiger partial charge >= 0.3 is 5.69 Å². The Morgan fingerprint density at radius 2 is 2.10 bits per heavy atom. The monoisotopic (exact) mass is 322 g/mol. The zero-order valence-electron chi connectivity index (χ0n) is 11.2. The predicted octanol–water partition coefficient (Wildman–Crippen LogP) is 2.07. The number of benzene rings is 1. The first kappa shape index (κ1) is 16.9. The Hall–Kier alpha value is -1.19. The molecule has 0 aliphatic heterocycles. The van der Waals surface area contributed by atoms with Crippen molar-refractivity contribution in [3.05, 3.63) is 33.6 Å². The lowest BCUT2D eigenvalue weighted by Gasteiger charge is -2.13. The normalized spacial score (nSPS) is 13.2. The van der Waals surface area contributed by atoms with Gasteiger partial charge in [0.25, 0.3) is 0 Å². The summed E-state index contributed by atoms with van der Waals surface area (Å²) in [5.74, 6) is -0.465. The largest absolute Gasteiger partial charge is 0.306 e. The van der Waals surface area contributed by atoms with Crippen LogP contribution < -0.4 is 4.72 Å². The summed E-state index contributed by atoms with van der Waals surface area (Å²) in [7, 11) is -3.91. The maximum absolute atomic E-state index is 13.5. The molecule has 1 rings (SSSR count). The Bertz CT molecular complexity index is 619. The molecule has 1 atom stereocenters. The van der Waals surface area contributed by atoms with Gasteiger partial charge in [-0.25, -0.2) is 13.1 Å². The van der Waals surface area contributed by atoms with Gasteiger partial charge in [-0.15, -0.1) is 0 Å². The number of nitrogens with one attached hydrogen (secondary N) is 1. The summed E-state index contributed by atoms with van der Waals surface area (Å²) in [4.78, 5) is 9.48. The third-order valence-electron chi connectivity index (χ3n) is 2.49. The van der Waals surface area contributed by atoms with Crippen molar-refractivity contribution in [2.24, 2.45) is 0 Å². The standard InChI is InChI=1S/C11H15FN2O4S2/c1-7-4-9(5-10(11(7)12)14(15)16)20(17,18)13-8(2)6-19-3/h4-5,8,13H,6H2,1-3H3. The molecule has 0 aromatic heterocycles. The van der Waals surface area contributed by atoms with E-state index in [1.807, 2.05) is 6.26 Å². The van der Waals surface area contributed by atoms with E-state index in [9.17, 15) is 22.9 Å². The molecule has 20 heavy (non-hydrogen) atoms. The van der Waals surface area contributed by atoms with Crippen LogP contribution >= 0.6 is 11.8 Å². The molecular formula is C11H15FN2O4S2. The van der Waals surface area contributed by atoms with Gasteiger partial charge in [0, 0.05) is 17.9 Å². The Morgan fingerprint density at radius 3 is 2.60 bits per heavy atom. The Kier molecular flexibility index (Phi) is 5.49. The van der Waals surface area contributed by atoms with Gasteiger partial charge in [-0.05, 0) is 31.7 Å². The molecule has 0 heterocycles. The third kappa shape index (κ3) is 3.90. The number of thioether (sulfide) groups is 1. The number of nitrogens with zero attached hydrogens (tertiary/aromatic N) is 1. The lowest BCUT2D eigenvalue weighted by atomic mass is 10.2. The number of sulfonamides is 1. The predicted molar refractivity (Wildman–Crippen MR) is 76.0 cm³/mol. The number of nitro groups is 1. The summed E-state index contributed by atoms with van der Waals surface area (Å²) < 4.78 is 40.1. The molecule has 112 valence electrons. The number of hydrogen-bond acceptors (Lipinski definition) is 5. The maximum atomic E-state index is 13.5. The van der Waals surface area contributed by atoms with Crippen LogP contribution in [-0.2, 0) is 10.0 Å². The molecule has 0 saturated carbocycles. The number of aryl methyl sites for hydroxylation is 1. The lowest BCUT2D eigenvalue weighted by Crippen LogP contribution is -2.34. The van der Waals surface area contributed by atoms with Crippen molar-refractivity contribution in [3.8, 4) is 0 Å². The van der Waals surface area contributed by atoms with Crippen LogP contribution in [0.15, 0.2) is 17.0 Å². The van der Waals surface area contributed by atoms with Crippen LogP contribution in [-0.4, -0.2) is 31.4 Å². The molecule has 6 nitrogen and oxygen atoms in total. The number of hydrogen-bond donors (Lipinski definition) is 1. The fourth-order valence-corrected chi connectivity index (χ4v) is 3.66. The maximum Gasteiger partial charge on any atom is 0.306 e. The molecule has 0 aliphatic carbocycles. The smallest absolute Gasteiger partial charge is 0.258 e. The molecule has 0 amide bonds. The van der Waals surface area contributed by atoms with Gasteiger partial charge in [0.1, 0.15) is 0 Å². The fourth-order valence-electron chi connectivity index (χ4n) is 1.62. The van der Waals surface area contributed by atoms with Crippen LogP contribution in [0.1, 0.15) is 12.5 Å². The minimum absolute atomic E-state index is 0.0860. The van der Waals surface area contributed by atoms with Gasteiger partial charge in [-0.1, -0.05) is 0 Å². The quantitative estimate of drug-likeness (QED) is 0.640. The molecule has 0 saturated heterocycles. The number of nitro benzene ring substituents is 1. The molecule has 1 unspecified atom stereocenters. The Balaban J connectivity index is 3.22. The topological polar surface area (TPSA) is 89.3 Å². The highest BCUT2D eigenvalue weighted by Gasteiger charge is 2.24. The van der Waals surface area contributed by atoms with Crippen LogP contribution in [0.3, 0.4) is 0 Å². The first-order chi connectivity index (χ1) is 9.19. The van der Waals surface area contributed by atoms with Gasteiger partial charge in [0.05, 0.1) is 9.82 Å². The van der Waals surface area contributed by atoms with Crippen molar-refractivity contribution in [2.75, 3.05) is 12.0 Å². The first-order valence-corrected chi connectivity index (χ1v) is 8.52. The third-order valence-corrected chi connectivity index (χ3v) is 4.89. The average molecular weight is 322 g/mol. The zero-order valence-corrected chi connectivity index (χ0v) is 12.8. The van der Waals surface area contributed by atoms with E-state index < -0.39 is 26.5 Å². The summed E-state index contributed by atoms with van der Waals surface area (Å²) in [5.41, 5.74) is -0.931. The summed E-state index contributed by atoms with van der Waals surface area (Å²) in [6.45, 7) is 2.96. The summed E-state index contributed by atoms with van der Waals surface area (Å²) in [5, 5.41) is 10.7. The van der Waals surface area contributed by atoms with E-state index in [-0.39, 0.29) is 16.5 Å². The van der Waals surface area contributed by atoms with Crippen molar-refractivity contribution in [2.45, 2.75) is 24.8 Å². The molecule has 1 N–H and O–H groups in total. The molecule has 0 bridgehead atoms. The fraction of sp³-hybridized carbons (Fsp3) is 0.455. The van der Waals surface area contributed by atoms with Crippen LogP contribution in [0, 0.1) is 22.9 Å². The molecule has 1 aromatic carbocycles. The molecule has 9 heteroatoms. The minimum atomic E-state index is -3.91. The second-order valence-corrected chi connectivity index (χ2v) is 6.93. The van der Waals surface area contributed by atoms with E-state index in [0.29, 0.717) is 5.75 Å². The van der Waals surface area contributed by atoms with Gasteiger partial charge in [0.15, 0.2) is 0 Å². The van der Waals surface area contributed by atoms with Gasteiger partial charge < -0.3 is 0 Å². The highest BCUT2D eigenvalue weighted by Crippen LogP contribution is 2.25. The van der Waals surface area contributed by atoms with Crippen LogP contribution in [0.25, 0.3) is 0 Å². The van der Waals surface area contributed by atoms with Crippen molar-refractivity contribution in [3.63, 3.8) is 0 Å². The summed E-state index contributed by atoms with van der Waals surface area (Å²) in [6, 6.07) is 1.48. The Labute approximate surface area is 121 Å². The van der Waals surface area contributed by atoms with Crippen molar-refractivity contribution in [1.29, 1.82) is 0 Å². The van der Waals surface area contributed by atoms with Crippen molar-refractivity contribution in [1.82, 2.24) is 4.72 Å². The first-order valence-electron chi connectivity index (χ1n) is 5.65. The van der Waals surface area contributed by atoms with E-state index >= 15 is 0 Å². The second kappa shape index (κ2) is 6.51. The number of halogens is 1. The molecule has 0 aliphatic rings. The van der Waals surface area contributed by atoms with E-state index in [1.165, 1.54) is 18.7 Å². The van der Waals surface area contributed by atoms with Crippen LogP contribution in [0.4, 0.5) is 10.1 Å². The lowest BCUT2D eigenvalue weighted by molar-refractivity contribution is -0.387. The van der Waals surface area contributed by atoms with E-state index in [4.69, 9.17) is 0 Å². The van der Waals surface area contributed by atoms with E-state index in [0.717, 1.165) is 12.1 Å². The molecule has 0 radical (unpaired) electrons. The highest BCUT2D eigenvalue weighted by atomic mass is 32.2. The van der Waals surface area contributed by atoms with Gasteiger partial charge in [-0.2, -0.15) is 16.2 Å². The van der Waals surface area contributed by atoms with Crippen LogP contribution in [0.2, 0.25) is 0 Å². The average Bonchev–Trinajstić information content (AvgIpc) is 2.31. The SMILES string of the molecule is CSCC(C)NS(=O)(=O)c1cc(C)c(F)c([N+](=O)[O-])c1. The number of rotatable bonds is 6.